The third-order valence-electron chi connectivity index (χ3n) is 4.97. The molecule has 2 aromatic rings. The Balaban J connectivity index is 1.84. The molecule has 0 atom stereocenters. The largest absolute Gasteiger partial charge is 0.496 e. The predicted molar refractivity (Wildman–Crippen MR) is 99.2 cm³/mol. The van der Waals surface area contributed by atoms with Gasteiger partial charge in [-0.1, -0.05) is 19.9 Å². The third kappa shape index (κ3) is 3.61. The van der Waals surface area contributed by atoms with Crippen LogP contribution in [-0.2, 0) is 19.5 Å². The zero-order chi connectivity index (χ0) is 18.1. The van der Waals surface area contributed by atoms with Crippen LogP contribution >= 0.6 is 0 Å². The molecule has 1 aromatic carbocycles. The number of aromatic nitrogens is 2. The lowest BCUT2D eigenvalue weighted by atomic mass is 10.0. The number of rotatable bonds is 4. The summed E-state index contributed by atoms with van der Waals surface area (Å²) in [5, 5.41) is 0. The fourth-order valence-electron chi connectivity index (χ4n) is 3.40. The molecule has 0 spiro atoms. The number of aryl methyl sites for hydroxylation is 2. The molecule has 1 aromatic heterocycles. The summed E-state index contributed by atoms with van der Waals surface area (Å²) in [6.45, 7) is 10.8. The molecule has 25 heavy (non-hydrogen) atoms. The lowest BCUT2D eigenvalue weighted by Gasteiger charge is -2.28. The first-order chi connectivity index (χ1) is 11.9. The number of aromatic amines is 1. The Morgan fingerprint density at radius 1 is 1.28 bits per heavy atom. The second-order valence-electron chi connectivity index (χ2n) is 7.24. The summed E-state index contributed by atoms with van der Waals surface area (Å²) >= 11 is 0. The quantitative estimate of drug-likeness (QED) is 0.928. The number of hydrogen-bond donors (Lipinski definition) is 1. The van der Waals surface area contributed by atoms with Gasteiger partial charge in [0.15, 0.2) is 0 Å². The van der Waals surface area contributed by atoms with Gasteiger partial charge >= 0.3 is 0 Å². The van der Waals surface area contributed by atoms with E-state index in [1.165, 1.54) is 11.1 Å². The highest BCUT2D eigenvalue weighted by Crippen LogP contribution is 2.25. The van der Waals surface area contributed by atoms with Gasteiger partial charge in [0.2, 0.25) is 0 Å². The molecular weight excluding hydrogens is 314 g/mol. The molecule has 0 saturated heterocycles. The molecule has 5 heteroatoms. The van der Waals surface area contributed by atoms with Crippen molar-refractivity contribution in [2.45, 2.75) is 53.1 Å². The molecule has 0 saturated carbocycles. The van der Waals surface area contributed by atoms with Gasteiger partial charge < -0.3 is 9.72 Å². The van der Waals surface area contributed by atoms with E-state index in [9.17, 15) is 4.79 Å². The lowest BCUT2D eigenvalue weighted by molar-refractivity contribution is 0.239. The number of benzene rings is 1. The molecule has 0 amide bonds. The number of nitrogens with zero attached hydrogens (tertiary/aromatic N) is 2. The van der Waals surface area contributed by atoms with E-state index >= 15 is 0 Å². The number of methoxy groups -OCH3 is 1. The molecule has 1 N–H and O–H groups in total. The summed E-state index contributed by atoms with van der Waals surface area (Å²) in [6, 6.07) is 4.30. The summed E-state index contributed by atoms with van der Waals surface area (Å²) < 4.78 is 5.40. The Morgan fingerprint density at radius 3 is 2.72 bits per heavy atom. The average molecular weight is 341 g/mol. The van der Waals surface area contributed by atoms with Crippen LogP contribution < -0.4 is 10.3 Å². The van der Waals surface area contributed by atoms with E-state index < -0.39 is 0 Å². The molecular formula is C20H27N3O2. The summed E-state index contributed by atoms with van der Waals surface area (Å²) in [6.07, 6.45) is 0.754. The van der Waals surface area contributed by atoms with Crippen molar-refractivity contribution >= 4 is 0 Å². The van der Waals surface area contributed by atoms with Crippen LogP contribution in [0.25, 0.3) is 0 Å². The van der Waals surface area contributed by atoms with Gasteiger partial charge in [-0.2, -0.15) is 0 Å². The number of H-pyrrole nitrogens is 1. The molecule has 1 aliphatic heterocycles. The topological polar surface area (TPSA) is 58.2 Å². The van der Waals surface area contributed by atoms with Gasteiger partial charge in [-0.05, 0) is 43.0 Å². The van der Waals surface area contributed by atoms with Crippen molar-refractivity contribution in [3.05, 3.63) is 56.3 Å². The van der Waals surface area contributed by atoms with Crippen LogP contribution in [0.5, 0.6) is 5.75 Å². The van der Waals surface area contributed by atoms with Gasteiger partial charge in [0.05, 0.1) is 12.8 Å². The van der Waals surface area contributed by atoms with Crippen molar-refractivity contribution in [1.29, 1.82) is 0 Å². The van der Waals surface area contributed by atoms with Crippen molar-refractivity contribution in [1.82, 2.24) is 14.9 Å². The van der Waals surface area contributed by atoms with Crippen molar-refractivity contribution < 1.29 is 4.74 Å². The van der Waals surface area contributed by atoms with Crippen LogP contribution in [-0.4, -0.2) is 28.5 Å². The van der Waals surface area contributed by atoms with Crippen molar-refractivity contribution in [2.24, 2.45) is 0 Å². The monoisotopic (exact) mass is 341 g/mol. The predicted octanol–water partition coefficient (Wildman–Crippen LogP) is 3.08. The minimum Gasteiger partial charge on any atom is -0.496 e. The Hall–Kier alpha value is -2.14. The molecule has 134 valence electrons. The van der Waals surface area contributed by atoms with Crippen LogP contribution in [0, 0.1) is 13.8 Å². The van der Waals surface area contributed by atoms with E-state index in [2.05, 4.69) is 49.7 Å². The van der Waals surface area contributed by atoms with E-state index in [4.69, 9.17) is 9.72 Å². The summed E-state index contributed by atoms with van der Waals surface area (Å²) in [4.78, 5) is 22.3. The molecule has 1 aliphatic rings. The molecule has 0 aliphatic carbocycles. The SMILES string of the molecule is COc1cc(C)c(CN2CCc3c(nc(C(C)C)[nH]c3=O)C2)cc1C. The van der Waals surface area contributed by atoms with E-state index in [0.717, 1.165) is 54.4 Å². The number of fused-ring (bicyclic) bond motifs is 1. The minimum atomic E-state index is 0.0322. The normalized spacial score (nSPS) is 14.6. The highest BCUT2D eigenvalue weighted by molar-refractivity contribution is 5.41. The molecule has 0 radical (unpaired) electrons. The molecule has 2 heterocycles. The Labute approximate surface area is 149 Å². The van der Waals surface area contributed by atoms with Crippen LogP contribution in [0.2, 0.25) is 0 Å². The maximum absolute atomic E-state index is 12.3. The van der Waals surface area contributed by atoms with Crippen LogP contribution in [0.3, 0.4) is 0 Å². The van der Waals surface area contributed by atoms with Crippen molar-refractivity contribution in [3.63, 3.8) is 0 Å². The first-order valence-corrected chi connectivity index (χ1v) is 8.87. The van der Waals surface area contributed by atoms with Gasteiger partial charge in [-0.3, -0.25) is 9.69 Å². The minimum absolute atomic E-state index is 0.0322. The van der Waals surface area contributed by atoms with Crippen molar-refractivity contribution in [3.8, 4) is 5.75 Å². The van der Waals surface area contributed by atoms with Crippen molar-refractivity contribution in [2.75, 3.05) is 13.7 Å². The highest BCUT2D eigenvalue weighted by Gasteiger charge is 2.22. The standard InChI is InChI=1S/C20H27N3O2/c1-12(2)19-21-17-11-23(7-6-16(17)20(24)22-19)10-15-8-14(4)18(25-5)9-13(15)3/h8-9,12H,6-7,10-11H2,1-5H3,(H,21,22,24). The van der Waals surface area contributed by atoms with Gasteiger partial charge in [-0.15, -0.1) is 0 Å². The smallest absolute Gasteiger partial charge is 0.254 e. The fourth-order valence-corrected chi connectivity index (χ4v) is 3.40. The van der Waals surface area contributed by atoms with Gasteiger partial charge in [-0.25, -0.2) is 4.98 Å². The summed E-state index contributed by atoms with van der Waals surface area (Å²) in [5.41, 5.74) is 5.50. The third-order valence-corrected chi connectivity index (χ3v) is 4.97. The average Bonchev–Trinajstić information content (AvgIpc) is 2.57. The van der Waals surface area contributed by atoms with E-state index in [-0.39, 0.29) is 11.5 Å². The fraction of sp³-hybridized carbons (Fsp3) is 0.500. The van der Waals surface area contributed by atoms with E-state index in [0.29, 0.717) is 0 Å². The van der Waals surface area contributed by atoms with E-state index in [1.807, 2.05) is 0 Å². The molecule has 3 rings (SSSR count). The zero-order valence-corrected chi connectivity index (χ0v) is 15.8. The number of ether oxygens (including phenoxy) is 1. The number of hydrogen-bond acceptors (Lipinski definition) is 4. The molecule has 0 unspecified atom stereocenters. The van der Waals surface area contributed by atoms with Crippen LogP contribution in [0.1, 0.15) is 53.5 Å². The van der Waals surface area contributed by atoms with Gasteiger partial charge in [0.25, 0.3) is 5.56 Å². The second kappa shape index (κ2) is 7.00. The van der Waals surface area contributed by atoms with Gasteiger partial charge in [0, 0.05) is 31.1 Å². The molecule has 5 nitrogen and oxygen atoms in total. The highest BCUT2D eigenvalue weighted by atomic mass is 16.5. The summed E-state index contributed by atoms with van der Waals surface area (Å²) in [7, 11) is 1.71. The Kier molecular flexibility index (Phi) is 4.95. The molecule has 0 bridgehead atoms. The summed E-state index contributed by atoms with van der Waals surface area (Å²) in [5.74, 6) is 1.93. The Bertz CT molecular complexity index is 840. The maximum Gasteiger partial charge on any atom is 0.254 e. The first-order valence-electron chi connectivity index (χ1n) is 8.87. The second-order valence-corrected chi connectivity index (χ2v) is 7.24. The van der Waals surface area contributed by atoms with Gasteiger partial charge in [0.1, 0.15) is 11.6 Å². The first kappa shape index (κ1) is 17.7. The lowest BCUT2D eigenvalue weighted by Crippen LogP contribution is -2.35. The maximum atomic E-state index is 12.3. The zero-order valence-electron chi connectivity index (χ0n) is 15.8. The van der Waals surface area contributed by atoms with Crippen LogP contribution in [0.15, 0.2) is 16.9 Å². The Morgan fingerprint density at radius 2 is 2.04 bits per heavy atom. The number of nitrogens with one attached hydrogen (secondary N) is 1. The van der Waals surface area contributed by atoms with Crippen LogP contribution in [0.4, 0.5) is 0 Å². The van der Waals surface area contributed by atoms with E-state index in [1.54, 1.807) is 7.11 Å². The molecule has 0 fully saturated rings.